The summed E-state index contributed by atoms with van der Waals surface area (Å²) in [6.07, 6.45) is 1.71. The molecule has 0 radical (unpaired) electrons. The molecule has 3 heterocycles. The lowest BCUT2D eigenvalue weighted by atomic mass is 10.0. The van der Waals surface area contributed by atoms with E-state index in [9.17, 15) is 9.59 Å². The van der Waals surface area contributed by atoms with Gasteiger partial charge in [0.15, 0.2) is 5.82 Å². The van der Waals surface area contributed by atoms with Gasteiger partial charge in [0.05, 0.1) is 26.1 Å². The van der Waals surface area contributed by atoms with Crippen molar-refractivity contribution in [2.24, 2.45) is 0 Å². The normalized spacial score (nSPS) is 20.4. The fourth-order valence-electron chi connectivity index (χ4n) is 4.16. The van der Waals surface area contributed by atoms with Crippen molar-refractivity contribution in [3.05, 3.63) is 52.2 Å². The van der Waals surface area contributed by atoms with E-state index in [1.807, 2.05) is 42.3 Å². The number of amides is 1. The maximum atomic E-state index is 12.9. The van der Waals surface area contributed by atoms with E-state index in [4.69, 9.17) is 4.74 Å². The van der Waals surface area contributed by atoms with Crippen molar-refractivity contribution < 1.29 is 9.53 Å². The average molecular weight is 399 g/mol. The predicted molar refractivity (Wildman–Crippen MR) is 109 cm³/mol. The van der Waals surface area contributed by atoms with E-state index in [1.165, 1.54) is 4.68 Å². The number of likely N-dealkylation sites (tertiary alicyclic amines) is 1. The Morgan fingerprint density at radius 2 is 1.93 bits per heavy atom. The Bertz CT molecular complexity index is 899. The second-order valence-electron chi connectivity index (χ2n) is 8.04. The standard InChI is InChI=1S/C21H29N5O3/c1-23-10-8-17(9-11-23)24(2)19(27)14-18-20-22-26(15-16-6-4-3-5-7-16)21(28)25(20)12-13-29-18/h3-7,17-18H,8-15H2,1-2H3. The number of aromatic nitrogens is 3. The van der Waals surface area contributed by atoms with Gasteiger partial charge in [-0.2, -0.15) is 5.10 Å². The van der Waals surface area contributed by atoms with Gasteiger partial charge in [-0.05, 0) is 38.5 Å². The number of piperidine rings is 1. The first-order chi connectivity index (χ1) is 14.0. The van der Waals surface area contributed by atoms with Crippen molar-refractivity contribution in [1.29, 1.82) is 0 Å². The molecule has 0 aliphatic carbocycles. The van der Waals surface area contributed by atoms with Crippen LogP contribution in [0, 0.1) is 0 Å². The lowest BCUT2D eigenvalue weighted by molar-refractivity contribution is -0.136. The van der Waals surface area contributed by atoms with Crippen LogP contribution in [0.2, 0.25) is 0 Å². The summed E-state index contributed by atoms with van der Waals surface area (Å²) in [5.41, 5.74) is 0.869. The Labute approximate surface area is 170 Å². The van der Waals surface area contributed by atoms with Crippen LogP contribution < -0.4 is 5.69 Å². The zero-order valence-corrected chi connectivity index (χ0v) is 17.2. The Morgan fingerprint density at radius 3 is 2.66 bits per heavy atom. The van der Waals surface area contributed by atoms with Gasteiger partial charge < -0.3 is 14.5 Å². The molecule has 1 amide bonds. The minimum Gasteiger partial charge on any atom is -0.368 e. The molecule has 1 saturated heterocycles. The molecule has 2 aromatic rings. The monoisotopic (exact) mass is 399 g/mol. The molecule has 1 aromatic heterocycles. The van der Waals surface area contributed by atoms with Gasteiger partial charge in [-0.15, -0.1) is 0 Å². The molecule has 0 N–H and O–H groups in total. The molecule has 2 aliphatic heterocycles. The van der Waals surface area contributed by atoms with E-state index in [2.05, 4.69) is 17.0 Å². The Morgan fingerprint density at radius 1 is 1.21 bits per heavy atom. The summed E-state index contributed by atoms with van der Waals surface area (Å²) >= 11 is 0. The zero-order chi connectivity index (χ0) is 20.4. The summed E-state index contributed by atoms with van der Waals surface area (Å²) in [5, 5.41) is 4.53. The van der Waals surface area contributed by atoms with Gasteiger partial charge in [-0.1, -0.05) is 30.3 Å². The third-order valence-electron chi connectivity index (χ3n) is 6.04. The second-order valence-corrected chi connectivity index (χ2v) is 8.04. The van der Waals surface area contributed by atoms with Crippen LogP contribution in [0.15, 0.2) is 35.1 Å². The number of benzene rings is 1. The first-order valence-electron chi connectivity index (χ1n) is 10.3. The molecule has 1 atom stereocenters. The summed E-state index contributed by atoms with van der Waals surface area (Å²) in [7, 11) is 3.99. The van der Waals surface area contributed by atoms with Crippen molar-refractivity contribution in [2.45, 2.75) is 44.5 Å². The van der Waals surface area contributed by atoms with Gasteiger partial charge in [-0.3, -0.25) is 9.36 Å². The number of carbonyl (C=O) groups excluding carboxylic acids is 1. The van der Waals surface area contributed by atoms with Crippen LogP contribution in [0.5, 0.6) is 0 Å². The van der Waals surface area contributed by atoms with Crippen molar-refractivity contribution in [3.63, 3.8) is 0 Å². The number of rotatable bonds is 5. The molecule has 1 fully saturated rings. The summed E-state index contributed by atoms with van der Waals surface area (Å²) in [5.74, 6) is 0.602. The topological polar surface area (TPSA) is 72.6 Å². The van der Waals surface area contributed by atoms with E-state index in [0.717, 1.165) is 31.5 Å². The van der Waals surface area contributed by atoms with Crippen molar-refractivity contribution in [3.8, 4) is 0 Å². The van der Waals surface area contributed by atoms with Crippen molar-refractivity contribution >= 4 is 5.91 Å². The molecule has 1 unspecified atom stereocenters. The SMILES string of the molecule is CN1CCC(N(C)C(=O)CC2OCCn3c2nn(Cc2ccccc2)c3=O)CC1. The second kappa shape index (κ2) is 8.51. The highest BCUT2D eigenvalue weighted by Gasteiger charge is 2.31. The van der Waals surface area contributed by atoms with Gasteiger partial charge >= 0.3 is 5.69 Å². The highest BCUT2D eigenvalue weighted by Crippen LogP contribution is 2.25. The van der Waals surface area contributed by atoms with Gasteiger partial charge in [-0.25, -0.2) is 9.48 Å². The number of fused-ring (bicyclic) bond motifs is 1. The fraction of sp³-hybridized carbons (Fsp3) is 0.571. The number of nitrogens with zero attached hydrogens (tertiary/aromatic N) is 5. The maximum absolute atomic E-state index is 12.9. The van der Waals surface area contributed by atoms with Crippen LogP contribution in [0.4, 0.5) is 0 Å². The Hall–Kier alpha value is -2.45. The van der Waals surface area contributed by atoms with Gasteiger partial charge in [0.1, 0.15) is 6.10 Å². The molecule has 8 nitrogen and oxygen atoms in total. The first kappa shape index (κ1) is 19.8. The Balaban J connectivity index is 1.47. The van der Waals surface area contributed by atoms with Gasteiger partial charge in [0, 0.05) is 13.1 Å². The number of hydrogen-bond donors (Lipinski definition) is 0. The maximum Gasteiger partial charge on any atom is 0.346 e. The highest BCUT2D eigenvalue weighted by atomic mass is 16.5. The zero-order valence-electron chi connectivity index (χ0n) is 17.2. The van der Waals surface area contributed by atoms with E-state index >= 15 is 0 Å². The van der Waals surface area contributed by atoms with Gasteiger partial charge in [0.2, 0.25) is 5.91 Å². The van der Waals surface area contributed by atoms with Crippen LogP contribution in [-0.4, -0.2) is 69.9 Å². The Kier molecular flexibility index (Phi) is 5.82. The van der Waals surface area contributed by atoms with E-state index in [-0.39, 0.29) is 24.1 Å². The lowest BCUT2D eigenvalue weighted by Crippen LogP contribution is -2.45. The number of hydrogen-bond acceptors (Lipinski definition) is 5. The number of carbonyl (C=O) groups is 1. The summed E-state index contributed by atoms with van der Waals surface area (Å²) in [4.78, 5) is 29.8. The molecule has 156 valence electrons. The lowest BCUT2D eigenvalue weighted by Gasteiger charge is -2.35. The summed E-state index contributed by atoms with van der Waals surface area (Å²) < 4.78 is 8.98. The van der Waals surface area contributed by atoms with E-state index in [0.29, 0.717) is 25.5 Å². The molecule has 0 bridgehead atoms. The van der Waals surface area contributed by atoms with Gasteiger partial charge in [0.25, 0.3) is 0 Å². The van der Waals surface area contributed by atoms with Crippen molar-refractivity contribution in [2.75, 3.05) is 33.8 Å². The van der Waals surface area contributed by atoms with Crippen LogP contribution >= 0.6 is 0 Å². The molecule has 8 heteroatoms. The molecule has 0 spiro atoms. The smallest absolute Gasteiger partial charge is 0.346 e. The third kappa shape index (κ3) is 4.28. The first-order valence-corrected chi connectivity index (χ1v) is 10.3. The third-order valence-corrected chi connectivity index (χ3v) is 6.04. The average Bonchev–Trinajstić information content (AvgIpc) is 3.05. The molecular formula is C21H29N5O3. The minimum absolute atomic E-state index is 0.0445. The minimum atomic E-state index is -0.477. The summed E-state index contributed by atoms with van der Waals surface area (Å²) in [6.45, 7) is 3.31. The highest BCUT2D eigenvalue weighted by molar-refractivity contribution is 5.76. The molecular weight excluding hydrogens is 370 g/mol. The summed E-state index contributed by atoms with van der Waals surface area (Å²) in [6, 6.07) is 10.0. The molecule has 1 aromatic carbocycles. The predicted octanol–water partition coefficient (Wildman–Crippen LogP) is 1.11. The fourth-order valence-corrected chi connectivity index (χ4v) is 4.16. The van der Waals surface area contributed by atoms with Crippen LogP contribution in [0.25, 0.3) is 0 Å². The van der Waals surface area contributed by atoms with Crippen LogP contribution in [-0.2, 0) is 22.6 Å². The van der Waals surface area contributed by atoms with E-state index < -0.39 is 6.10 Å². The quantitative estimate of drug-likeness (QED) is 0.753. The number of ether oxygens (including phenoxy) is 1. The van der Waals surface area contributed by atoms with Crippen LogP contribution in [0.3, 0.4) is 0 Å². The molecule has 0 saturated carbocycles. The van der Waals surface area contributed by atoms with E-state index in [1.54, 1.807) is 4.57 Å². The van der Waals surface area contributed by atoms with Crippen molar-refractivity contribution in [1.82, 2.24) is 24.1 Å². The largest absolute Gasteiger partial charge is 0.368 e. The molecule has 29 heavy (non-hydrogen) atoms. The molecule has 4 rings (SSSR count). The van der Waals surface area contributed by atoms with Crippen LogP contribution in [0.1, 0.15) is 36.8 Å². The molecule has 2 aliphatic rings.